The average Bonchev–Trinajstić information content (AvgIpc) is 2.52. The zero-order valence-corrected chi connectivity index (χ0v) is 14.8. The van der Waals surface area contributed by atoms with Crippen LogP contribution in [-0.4, -0.2) is 74.9 Å². The third-order valence-electron chi connectivity index (χ3n) is 3.53. The highest BCUT2D eigenvalue weighted by Gasteiger charge is 2.31. The fourth-order valence-electron chi connectivity index (χ4n) is 2.46. The zero-order chi connectivity index (χ0) is 20.1. The number of esters is 1. The van der Waals surface area contributed by atoms with Crippen molar-refractivity contribution < 1.29 is 45.1 Å². The molecule has 0 bridgehead atoms. The molecule has 1 atom stereocenters. The van der Waals surface area contributed by atoms with E-state index in [-0.39, 0.29) is 12.1 Å². The van der Waals surface area contributed by atoms with Gasteiger partial charge in [0.05, 0.1) is 34.6 Å². The first-order valence-corrected chi connectivity index (χ1v) is 9.40. The number of carbonyl (C=O) groups excluding carboxylic acids is 1. The standard InChI is InChI=1S/C15H18F3NO7S/c16-15(17,18)26-12-3-1-2-11(8-12)14(20)25-13(10-27(21,22)23)9-19-4-6-24-7-5-19/h1-3,8,13H,4-7,9-10H2,(H,21,22,23)/p-1. The number of hydrogen-bond acceptors (Lipinski definition) is 8. The summed E-state index contributed by atoms with van der Waals surface area (Å²) >= 11 is 0. The van der Waals surface area contributed by atoms with Gasteiger partial charge in [-0.2, -0.15) is 0 Å². The van der Waals surface area contributed by atoms with Crippen molar-refractivity contribution in [3.63, 3.8) is 0 Å². The van der Waals surface area contributed by atoms with Gasteiger partial charge in [0, 0.05) is 19.6 Å². The number of halogens is 3. The summed E-state index contributed by atoms with van der Waals surface area (Å²) in [7, 11) is -4.69. The molecule has 1 saturated heterocycles. The number of morpholine rings is 1. The number of ether oxygens (including phenoxy) is 3. The molecule has 2 rings (SSSR count). The lowest BCUT2D eigenvalue weighted by molar-refractivity contribution is -0.274. The second-order valence-electron chi connectivity index (χ2n) is 5.74. The van der Waals surface area contributed by atoms with E-state index < -0.39 is 40.1 Å². The highest BCUT2D eigenvalue weighted by molar-refractivity contribution is 7.85. The second kappa shape index (κ2) is 8.87. The Kier molecular flexibility index (Phi) is 7.03. The SMILES string of the molecule is O=C(OC(CN1CCOCC1)CS(=O)(=O)[O-])c1cccc(OC(F)(F)F)c1. The molecule has 1 unspecified atom stereocenters. The van der Waals surface area contributed by atoms with Crippen LogP contribution in [-0.2, 0) is 19.6 Å². The van der Waals surface area contributed by atoms with E-state index in [0.29, 0.717) is 26.3 Å². The van der Waals surface area contributed by atoms with Gasteiger partial charge in [-0.25, -0.2) is 13.2 Å². The minimum absolute atomic E-state index is 0.0185. The van der Waals surface area contributed by atoms with Crippen molar-refractivity contribution in [1.29, 1.82) is 0 Å². The molecule has 0 saturated carbocycles. The molecule has 1 aromatic rings. The molecule has 1 heterocycles. The van der Waals surface area contributed by atoms with Crippen molar-refractivity contribution in [2.75, 3.05) is 38.6 Å². The number of benzene rings is 1. The molecule has 0 amide bonds. The molecule has 1 aromatic carbocycles. The molecule has 1 fully saturated rings. The number of rotatable bonds is 7. The van der Waals surface area contributed by atoms with Crippen LogP contribution >= 0.6 is 0 Å². The lowest BCUT2D eigenvalue weighted by atomic mass is 10.2. The van der Waals surface area contributed by atoms with Crippen LogP contribution in [0.15, 0.2) is 24.3 Å². The summed E-state index contributed by atoms with van der Waals surface area (Å²) in [4.78, 5) is 14.0. The van der Waals surface area contributed by atoms with Crippen LogP contribution in [0.2, 0.25) is 0 Å². The van der Waals surface area contributed by atoms with Crippen LogP contribution in [0.4, 0.5) is 13.2 Å². The topological polar surface area (TPSA) is 105 Å². The van der Waals surface area contributed by atoms with Gasteiger partial charge in [-0.3, -0.25) is 4.90 Å². The number of alkyl halides is 3. The molecule has 0 N–H and O–H groups in total. The monoisotopic (exact) mass is 412 g/mol. The Morgan fingerprint density at radius 3 is 2.56 bits per heavy atom. The predicted octanol–water partition coefficient (Wildman–Crippen LogP) is 0.988. The molecule has 0 aliphatic carbocycles. The van der Waals surface area contributed by atoms with Gasteiger partial charge < -0.3 is 18.8 Å². The lowest BCUT2D eigenvalue weighted by Gasteiger charge is -2.30. The van der Waals surface area contributed by atoms with Crippen molar-refractivity contribution in [3.05, 3.63) is 29.8 Å². The van der Waals surface area contributed by atoms with Crippen molar-refractivity contribution in [3.8, 4) is 5.75 Å². The fraction of sp³-hybridized carbons (Fsp3) is 0.533. The van der Waals surface area contributed by atoms with Crippen molar-refractivity contribution >= 4 is 16.1 Å². The van der Waals surface area contributed by atoms with Crippen LogP contribution in [0.1, 0.15) is 10.4 Å². The van der Waals surface area contributed by atoms with Gasteiger partial charge in [-0.15, -0.1) is 13.2 Å². The molecule has 12 heteroatoms. The molecule has 0 spiro atoms. The van der Waals surface area contributed by atoms with Crippen LogP contribution in [0.25, 0.3) is 0 Å². The highest BCUT2D eigenvalue weighted by atomic mass is 32.2. The number of nitrogens with zero attached hydrogens (tertiary/aromatic N) is 1. The zero-order valence-electron chi connectivity index (χ0n) is 14.0. The fourth-order valence-corrected chi connectivity index (χ4v) is 3.09. The van der Waals surface area contributed by atoms with Gasteiger partial charge in [0.15, 0.2) is 0 Å². The van der Waals surface area contributed by atoms with E-state index >= 15 is 0 Å². The maximum Gasteiger partial charge on any atom is 0.573 e. The van der Waals surface area contributed by atoms with Gasteiger partial charge in [-0.05, 0) is 18.2 Å². The first kappa shape index (κ1) is 21.4. The molecule has 1 aliphatic rings. The Morgan fingerprint density at radius 1 is 1.30 bits per heavy atom. The van der Waals surface area contributed by atoms with Crippen molar-refractivity contribution in [2.45, 2.75) is 12.5 Å². The summed E-state index contributed by atoms with van der Waals surface area (Å²) in [5.41, 5.74) is -0.271. The molecular weight excluding hydrogens is 395 g/mol. The van der Waals surface area contributed by atoms with E-state index in [1.54, 1.807) is 4.90 Å². The Morgan fingerprint density at radius 2 is 1.96 bits per heavy atom. The predicted molar refractivity (Wildman–Crippen MR) is 84.2 cm³/mol. The molecule has 1 aliphatic heterocycles. The number of hydrogen-bond donors (Lipinski definition) is 0. The molecular formula is C15H17F3NO7S-. The lowest BCUT2D eigenvalue weighted by Crippen LogP contribution is -2.44. The van der Waals surface area contributed by atoms with E-state index in [9.17, 15) is 30.9 Å². The largest absolute Gasteiger partial charge is 0.748 e. The molecule has 27 heavy (non-hydrogen) atoms. The van der Waals surface area contributed by atoms with E-state index in [0.717, 1.165) is 18.2 Å². The summed E-state index contributed by atoms with van der Waals surface area (Å²) < 4.78 is 84.0. The van der Waals surface area contributed by atoms with E-state index in [4.69, 9.17) is 9.47 Å². The summed E-state index contributed by atoms with van der Waals surface area (Å²) in [6, 6.07) is 4.15. The van der Waals surface area contributed by atoms with Crippen molar-refractivity contribution in [1.82, 2.24) is 4.90 Å². The van der Waals surface area contributed by atoms with Gasteiger partial charge in [0.25, 0.3) is 0 Å². The van der Waals surface area contributed by atoms with Crippen molar-refractivity contribution in [2.24, 2.45) is 0 Å². The van der Waals surface area contributed by atoms with Gasteiger partial charge in [-0.1, -0.05) is 6.07 Å². The van der Waals surface area contributed by atoms with Gasteiger partial charge >= 0.3 is 12.3 Å². The maximum atomic E-state index is 12.3. The van der Waals surface area contributed by atoms with Crippen LogP contribution < -0.4 is 4.74 Å². The summed E-state index contributed by atoms with van der Waals surface area (Å²) in [5, 5.41) is 0. The van der Waals surface area contributed by atoms with Crippen LogP contribution in [0.3, 0.4) is 0 Å². The smallest absolute Gasteiger partial charge is 0.573 e. The minimum Gasteiger partial charge on any atom is -0.748 e. The third kappa shape index (κ3) is 8.12. The second-order valence-corrected chi connectivity index (χ2v) is 7.19. The van der Waals surface area contributed by atoms with E-state index in [2.05, 4.69) is 4.74 Å². The van der Waals surface area contributed by atoms with Crippen LogP contribution in [0.5, 0.6) is 5.75 Å². The average molecular weight is 412 g/mol. The summed E-state index contributed by atoms with van der Waals surface area (Å²) in [6.07, 6.45) is -6.21. The molecule has 0 radical (unpaired) electrons. The summed E-state index contributed by atoms with van der Waals surface area (Å²) in [6.45, 7) is 1.71. The Hall–Kier alpha value is -1.89. The molecule has 152 valence electrons. The number of carbonyl (C=O) groups is 1. The Bertz CT molecular complexity index is 748. The first-order valence-electron chi connectivity index (χ1n) is 7.82. The van der Waals surface area contributed by atoms with Crippen LogP contribution in [0, 0.1) is 0 Å². The first-order chi connectivity index (χ1) is 12.5. The molecule has 8 nitrogen and oxygen atoms in total. The highest BCUT2D eigenvalue weighted by Crippen LogP contribution is 2.23. The van der Waals surface area contributed by atoms with Gasteiger partial charge in [0.1, 0.15) is 11.9 Å². The maximum absolute atomic E-state index is 12.3. The quantitative estimate of drug-likeness (QED) is 0.482. The van der Waals surface area contributed by atoms with E-state index in [1.807, 2.05) is 0 Å². The Balaban J connectivity index is 2.08. The summed E-state index contributed by atoms with van der Waals surface area (Å²) in [5.74, 6) is -2.64. The van der Waals surface area contributed by atoms with Gasteiger partial charge in [0.2, 0.25) is 0 Å². The Labute approximate surface area is 153 Å². The normalized spacial score (nSPS) is 17.3. The van der Waals surface area contributed by atoms with E-state index in [1.165, 1.54) is 6.07 Å². The minimum atomic E-state index is -4.93. The molecule has 0 aromatic heterocycles. The third-order valence-corrected chi connectivity index (χ3v) is 4.31.